The third-order valence-corrected chi connectivity index (χ3v) is 3.01. The van der Waals surface area contributed by atoms with E-state index in [0.29, 0.717) is 5.92 Å². The Morgan fingerprint density at radius 1 is 1.40 bits per heavy atom. The van der Waals surface area contributed by atoms with Gasteiger partial charge in [-0.05, 0) is 17.5 Å². The molecule has 0 spiro atoms. The molecule has 0 bridgehead atoms. The lowest BCUT2D eigenvalue weighted by molar-refractivity contribution is 0.905. The molecule has 0 radical (unpaired) electrons. The number of aliphatic imine (C=N–C) groups is 1. The van der Waals surface area contributed by atoms with Crippen LogP contribution >= 0.6 is 0 Å². The fraction of sp³-hybridized carbons (Fsp3) is 0.462. The third kappa shape index (κ3) is 2.04. The van der Waals surface area contributed by atoms with Gasteiger partial charge in [0.25, 0.3) is 0 Å². The number of hydrogen-bond donors (Lipinski definition) is 1. The zero-order valence-electron chi connectivity index (χ0n) is 9.46. The second-order valence-corrected chi connectivity index (χ2v) is 3.97. The molecule has 1 N–H and O–H groups in total. The van der Waals surface area contributed by atoms with Crippen molar-refractivity contribution in [2.75, 3.05) is 13.1 Å². The van der Waals surface area contributed by atoms with Gasteiger partial charge in [-0.15, -0.1) is 0 Å². The number of hydrogen-bond acceptors (Lipinski definition) is 2. The van der Waals surface area contributed by atoms with Gasteiger partial charge in [-0.2, -0.15) is 0 Å². The van der Waals surface area contributed by atoms with Crippen molar-refractivity contribution in [1.29, 1.82) is 0 Å². The summed E-state index contributed by atoms with van der Waals surface area (Å²) in [7, 11) is 0. The summed E-state index contributed by atoms with van der Waals surface area (Å²) in [4.78, 5) is 4.49. The maximum Gasteiger partial charge on any atom is 0.104 e. The van der Waals surface area contributed by atoms with Gasteiger partial charge in [0, 0.05) is 12.5 Å². The normalized spacial score (nSPS) is 17.1. The van der Waals surface area contributed by atoms with E-state index in [-0.39, 0.29) is 0 Å². The molecule has 1 aromatic rings. The van der Waals surface area contributed by atoms with Gasteiger partial charge in [0.05, 0.1) is 6.54 Å². The number of nitrogens with one attached hydrogen (secondary N) is 1. The summed E-state index contributed by atoms with van der Waals surface area (Å²) in [6, 6.07) is 8.65. The Labute approximate surface area is 91.4 Å². The van der Waals surface area contributed by atoms with E-state index in [9.17, 15) is 0 Å². The van der Waals surface area contributed by atoms with Gasteiger partial charge in [0.1, 0.15) is 5.84 Å². The molecule has 0 amide bonds. The first-order valence-electron chi connectivity index (χ1n) is 5.69. The number of amidine groups is 1. The number of benzene rings is 1. The Morgan fingerprint density at radius 3 is 2.87 bits per heavy atom. The predicted octanol–water partition coefficient (Wildman–Crippen LogP) is 2.35. The molecular formula is C13H18N2. The first kappa shape index (κ1) is 10.2. The fourth-order valence-corrected chi connectivity index (χ4v) is 2.13. The zero-order chi connectivity index (χ0) is 10.7. The molecule has 0 unspecified atom stereocenters. The summed E-state index contributed by atoms with van der Waals surface area (Å²) >= 11 is 0. The molecule has 0 fully saturated rings. The summed E-state index contributed by atoms with van der Waals surface area (Å²) in [6.07, 6.45) is 1.09. The van der Waals surface area contributed by atoms with Crippen LogP contribution in [0, 0.1) is 0 Å². The number of rotatable bonds is 3. The molecule has 1 aliphatic heterocycles. The van der Waals surface area contributed by atoms with Crippen molar-refractivity contribution in [2.45, 2.75) is 26.2 Å². The highest BCUT2D eigenvalue weighted by molar-refractivity contribution is 5.90. The van der Waals surface area contributed by atoms with Gasteiger partial charge in [0.15, 0.2) is 0 Å². The van der Waals surface area contributed by atoms with E-state index in [2.05, 4.69) is 48.4 Å². The monoisotopic (exact) mass is 202 g/mol. The fourth-order valence-electron chi connectivity index (χ4n) is 2.13. The van der Waals surface area contributed by atoms with E-state index >= 15 is 0 Å². The average Bonchev–Trinajstić information content (AvgIpc) is 2.81. The molecule has 1 atom stereocenters. The molecule has 2 nitrogen and oxygen atoms in total. The molecule has 0 aliphatic carbocycles. The minimum atomic E-state index is 0.406. The van der Waals surface area contributed by atoms with Crippen LogP contribution in [0.1, 0.15) is 30.9 Å². The summed E-state index contributed by atoms with van der Waals surface area (Å²) in [5.74, 6) is 1.56. The molecule has 2 heteroatoms. The lowest BCUT2D eigenvalue weighted by Crippen LogP contribution is -2.24. The lowest BCUT2D eigenvalue weighted by Gasteiger charge is -2.16. The standard InChI is InChI=1S/C13H18N2/c1-3-11-6-4-5-7-12(11)10(2)13-14-8-9-15-13/h4-7,10H,3,8-9H2,1-2H3,(H,14,15)/t10-/m0/s1. The Balaban J connectivity index is 2.27. The topological polar surface area (TPSA) is 24.4 Å². The van der Waals surface area contributed by atoms with Crippen LogP contribution in [0.15, 0.2) is 29.3 Å². The molecule has 0 saturated heterocycles. The Morgan fingerprint density at radius 2 is 2.20 bits per heavy atom. The van der Waals surface area contributed by atoms with Crippen LogP contribution in [-0.4, -0.2) is 18.9 Å². The molecule has 1 heterocycles. The lowest BCUT2D eigenvalue weighted by atomic mass is 9.93. The van der Waals surface area contributed by atoms with Crippen molar-refractivity contribution in [1.82, 2.24) is 5.32 Å². The second-order valence-electron chi connectivity index (χ2n) is 3.97. The van der Waals surface area contributed by atoms with Crippen molar-refractivity contribution in [2.24, 2.45) is 4.99 Å². The summed E-state index contributed by atoms with van der Waals surface area (Å²) in [6.45, 7) is 6.35. The van der Waals surface area contributed by atoms with Crippen molar-refractivity contribution < 1.29 is 0 Å². The van der Waals surface area contributed by atoms with Gasteiger partial charge in [-0.1, -0.05) is 38.1 Å². The van der Waals surface area contributed by atoms with E-state index in [1.165, 1.54) is 11.1 Å². The maximum atomic E-state index is 4.49. The van der Waals surface area contributed by atoms with E-state index in [4.69, 9.17) is 0 Å². The largest absolute Gasteiger partial charge is 0.371 e. The van der Waals surface area contributed by atoms with Crippen molar-refractivity contribution in [3.63, 3.8) is 0 Å². The van der Waals surface area contributed by atoms with Crippen LogP contribution in [0.5, 0.6) is 0 Å². The summed E-state index contributed by atoms with van der Waals surface area (Å²) in [5.41, 5.74) is 2.84. The van der Waals surface area contributed by atoms with Crippen LogP contribution in [0.3, 0.4) is 0 Å². The van der Waals surface area contributed by atoms with Gasteiger partial charge >= 0.3 is 0 Å². The molecule has 0 aromatic heterocycles. The summed E-state index contributed by atoms with van der Waals surface area (Å²) < 4.78 is 0. The highest BCUT2D eigenvalue weighted by atomic mass is 15.1. The van der Waals surface area contributed by atoms with E-state index in [1.807, 2.05) is 0 Å². The molecule has 1 aliphatic rings. The maximum absolute atomic E-state index is 4.49. The first-order chi connectivity index (χ1) is 7.33. The van der Waals surface area contributed by atoms with Gasteiger partial charge in [-0.3, -0.25) is 4.99 Å². The van der Waals surface area contributed by atoms with Gasteiger partial charge < -0.3 is 5.32 Å². The minimum absolute atomic E-state index is 0.406. The minimum Gasteiger partial charge on any atom is -0.371 e. The quantitative estimate of drug-likeness (QED) is 0.799. The molecule has 2 rings (SSSR count). The number of aryl methyl sites for hydroxylation is 1. The predicted molar refractivity (Wildman–Crippen MR) is 64.5 cm³/mol. The Kier molecular flexibility index (Phi) is 3.05. The van der Waals surface area contributed by atoms with Gasteiger partial charge in [-0.25, -0.2) is 0 Å². The highest BCUT2D eigenvalue weighted by Gasteiger charge is 2.17. The van der Waals surface area contributed by atoms with Crippen molar-refractivity contribution in [3.05, 3.63) is 35.4 Å². The second kappa shape index (κ2) is 4.47. The molecule has 15 heavy (non-hydrogen) atoms. The van der Waals surface area contributed by atoms with Crippen molar-refractivity contribution in [3.8, 4) is 0 Å². The first-order valence-corrected chi connectivity index (χ1v) is 5.69. The molecule has 80 valence electrons. The molecular weight excluding hydrogens is 184 g/mol. The smallest absolute Gasteiger partial charge is 0.104 e. The Bertz CT molecular complexity index is 369. The van der Waals surface area contributed by atoms with Crippen LogP contribution in [-0.2, 0) is 6.42 Å². The molecule has 0 saturated carbocycles. The van der Waals surface area contributed by atoms with Gasteiger partial charge in [0.2, 0.25) is 0 Å². The SMILES string of the molecule is CCc1ccccc1[C@H](C)C1=NCCN1. The van der Waals surface area contributed by atoms with Crippen LogP contribution < -0.4 is 5.32 Å². The summed E-state index contributed by atoms with van der Waals surface area (Å²) in [5, 5.41) is 3.36. The third-order valence-electron chi connectivity index (χ3n) is 3.01. The van der Waals surface area contributed by atoms with E-state index < -0.39 is 0 Å². The highest BCUT2D eigenvalue weighted by Crippen LogP contribution is 2.21. The van der Waals surface area contributed by atoms with Crippen molar-refractivity contribution >= 4 is 5.84 Å². The number of nitrogens with zero attached hydrogens (tertiary/aromatic N) is 1. The molecule has 1 aromatic carbocycles. The Hall–Kier alpha value is -1.31. The van der Waals surface area contributed by atoms with Crippen LogP contribution in [0.4, 0.5) is 0 Å². The average molecular weight is 202 g/mol. The van der Waals surface area contributed by atoms with Crippen LogP contribution in [0.25, 0.3) is 0 Å². The van der Waals surface area contributed by atoms with E-state index in [1.54, 1.807) is 0 Å². The van der Waals surface area contributed by atoms with Crippen LogP contribution in [0.2, 0.25) is 0 Å². The van der Waals surface area contributed by atoms with E-state index in [0.717, 1.165) is 25.3 Å². The zero-order valence-corrected chi connectivity index (χ0v) is 9.46.